The van der Waals surface area contributed by atoms with Crippen molar-refractivity contribution in [1.82, 2.24) is 0 Å². The van der Waals surface area contributed by atoms with E-state index in [1.807, 2.05) is 45.9 Å². The van der Waals surface area contributed by atoms with Gasteiger partial charge in [-0.1, -0.05) is 85.4 Å². The minimum absolute atomic E-state index is 0.0211. The summed E-state index contributed by atoms with van der Waals surface area (Å²) in [5, 5.41) is 0. The van der Waals surface area contributed by atoms with E-state index in [0.29, 0.717) is 0 Å². The fourth-order valence-electron chi connectivity index (χ4n) is 3.78. The molecule has 2 N–H and O–H groups in total. The molecule has 0 spiro atoms. The summed E-state index contributed by atoms with van der Waals surface area (Å²) in [4.78, 5) is 0. The molecule has 0 amide bonds. The van der Waals surface area contributed by atoms with Gasteiger partial charge in [0.15, 0.2) is 0 Å². The van der Waals surface area contributed by atoms with Crippen LogP contribution >= 0.6 is 0 Å². The van der Waals surface area contributed by atoms with Crippen LogP contribution in [0.15, 0.2) is 60.2 Å². The molecule has 1 aliphatic rings. The van der Waals surface area contributed by atoms with Gasteiger partial charge >= 0.3 is 0 Å². The largest absolute Gasteiger partial charge is 0.399 e. The summed E-state index contributed by atoms with van der Waals surface area (Å²) < 4.78 is 0. The molecule has 0 heterocycles. The quantitative estimate of drug-likeness (QED) is 0.578. The van der Waals surface area contributed by atoms with Crippen LogP contribution in [-0.4, -0.2) is 0 Å². The van der Waals surface area contributed by atoms with Crippen LogP contribution in [0.4, 0.5) is 5.69 Å². The maximum atomic E-state index is 5.83. The molecule has 1 aromatic rings. The first kappa shape index (κ1) is 22.2. The van der Waals surface area contributed by atoms with E-state index in [1.165, 1.54) is 16.7 Å². The van der Waals surface area contributed by atoms with E-state index < -0.39 is 0 Å². The van der Waals surface area contributed by atoms with Crippen molar-refractivity contribution in [1.29, 1.82) is 0 Å². The monoisotopic (exact) mass is 327 g/mol. The fourth-order valence-corrected chi connectivity index (χ4v) is 3.78. The molecule has 1 aromatic carbocycles. The molecule has 1 fully saturated rings. The van der Waals surface area contributed by atoms with Gasteiger partial charge in [-0.15, -0.1) is 0 Å². The Kier molecular flexibility index (Phi) is 8.82. The Bertz CT molecular complexity index is 573. The van der Waals surface area contributed by atoms with E-state index >= 15 is 0 Å². The summed E-state index contributed by atoms with van der Waals surface area (Å²) in [6.07, 6.45) is 7.41. The van der Waals surface area contributed by atoms with Crippen LogP contribution in [0.3, 0.4) is 0 Å². The topological polar surface area (TPSA) is 26.0 Å². The van der Waals surface area contributed by atoms with E-state index in [4.69, 9.17) is 5.73 Å². The van der Waals surface area contributed by atoms with Crippen molar-refractivity contribution in [3.63, 3.8) is 0 Å². The lowest BCUT2D eigenvalue weighted by molar-refractivity contribution is 0.388. The van der Waals surface area contributed by atoms with Gasteiger partial charge in [0.25, 0.3) is 0 Å². The highest BCUT2D eigenvalue weighted by Crippen LogP contribution is 2.57. The van der Waals surface area contributed by atoms with Crippen LogP contribution < -0.4 is 5.73 Å². The van der Waals surface area contributed by atoms with Crippen LogP contribution in [-0.2, 0) is 5.41 Å². The van der Waals surface area contributed by atoms with Crippen molar-refractivity contribution in [3.8, 4) is 0 Å². The standard InChI is InChI=1S/C19H25N.2C2H6/c1-6-8-17-16(7-2)18(3,4)13-19(17,5)14-9-11-15(20)12-10-14;2*1-2/h6-12H,1,13,20H2,2-5H3;2*1-2H3/b16-7+,17-8+;;. The highest BCUT2D eigenvalue weighted by Gasteiger charge is 2.47. The number of nitrogens with two attached hydrogens (primary N) is 1. The molecule has 0 bridgehead atoms. The molecule has 2 rings (SSSR count). The highest BCUT2D eigenvalue weighted by atomic mass is 14.5. The summed E-state index contributed by atoms with van der Waals surface area (Å²) in [5.74, 6) is 0. The molecule has 1 aliphatic carbocycles. The SMILES string of the molecule is C=C/C=C1\C(=C/C)C(C)(C)CC1(C)c1ccc(N)cc1.CC.CC. The minimum Gasteiger partial charge on any atom is -0.399 e. The molecule has 1 saturated carbocycles. The predicted molar refractivity (Wildman–Crippen MR) is 111 cm³/mol. The number of anilines is 1. The van der Waals surface area contributed by atoms with Gasteiger partial charge < -0.3 is 5.73 Å². The Labute approximate surface area is 150 Å². The molecule has 0 aliphatic heterocycles. The van der Waals surface area contributed by atoms with E-state index in [2.05, 4.69) is 58.6 Å². The summed E-state index contributed by atoms with van der Waals surface area (Å²) >= 11 is 0. The van der Waals surface area contributed by atoms with Crippen molar-refractivity contribution in [2.45, 2.75) is 67.2 Å². The smallest absolute Gasteiger partial charge is 0.0314 e. The fraction of sp³-hybridized carbons (Fsp3) is 0.478. The molecule has 24 heavy (non-hydrogen) atoms. The highest BCUT2D eigenvalue weighted by molar-refractivity contribution is 5.56. The predicted octanol–water partition coefficient (Wildman–Crippen LogP) is 7.07. The van der Waals surface area contributed by atoms with Gasteiger partial charge in [-0.05, 0) is 47.6 Å². The molecular weight excluding hydrogens is 290 g/mol. The summed E-state index contributed by atoms with van der Waals surface area (Å²) in [6.45, 7) is 21.0. The molecule has 0 radical (unpaired) electrons. The zero-order valence-corrected chi connectivity index (χ0v) is 17.0. The Morgan fingerprint density at radius 3 is 1.88 bits per heavy atom. The normalized spacial score (nSPS) is 24.7. The van der Waals surface area contributed by atoms with Gasteiger partial charge in [-0.2, -0.15) is 0 Å². The maximum absolute atomic E-state index is 5.83. The third-order valence-corrected chi connectivity index (χ3v) is 4.53. The summed E-state index contributed by atoms with van der Waals surface area (Å²) in [6, 6.07) is 8.29. The second-order valence-corrected chi connectivity index (χ2v) is 6.53. The zero-order chi connectivity index (χ0) is 19.0. The van der Waals surface area contributed by atoms with Crippen molar-refractivity contribution in [2.24, 2.45) is 5.41 Å². The van der Waals surface area contributed by atoms with E-state index in [-0.39, 0.29) is 10.8 Å². The molecular formula is C23H37N. The Morgan fingerprint density at radius 1 is 0.958 bits per heavy atom. The number of allylic oxidation sites excluding steroid dienone is 5. The molecule has 1 heteroatoms. The molecule has 1 nitrogen and oxygen atoms in total. The molecule has 1 unspecified atom stereocenters. The third-order valence-electron chi connectivity index (χ3n) is 4.53. The Morgan fingerprint density at radius 2 is 1.46 bits per heavy atom. The van der Waals surface area contributed by atoms with Gasteiger partial charge in [0.1, 0.15) is 0 Å². The zero-order valence-electron chi connectivity index (χ0n) is 17.0. The van der Waals surface area contributed by atoms with Crippen molar-refractivity contribution in [2.75, 3.05) is 5.73 Å². The van der Waals surface area contributed by atoms with Gasteiger partial charge in [0, 0.05) is 11.1 Å². The summed E-state index contributed by atoms with van der Waals surface area (Å²) in [5.41, 5.74) is 11.0. The lowest BCUT2D eigenvalue weighted by atomic mass is 9.75. The lowest BCUT2D eigenvalue weighted by Crippen LogP contribution is -2.21. The van der Waals surface area contributed by atoms with Crippen molar-refractivity contribution in [3.05, 3.63) is 65.8 Å². The Hall–Kier alpha value is -1.76. The first-order valence-corrected chi connectivity index (χ1v) is 9.21. The van der Waals surface area contributed by atoms with Crippen LogP contribution in [0, 0.1) is 5.41 Å². The average Bonchev–Trinajstić information content (AvgIpc) is 2.78. The number of benzene rings is 1. The van der Waals surface area contributed by atoms with Gasteiger partial charge in [-0.3, -0.25) is 0 Å². The lowest BCUT2D eigenvalue weighted by Gasteiger charge is -2.28. The minimum atomic E-state index is 0.0211. The number of hydrogen-bond donors (Lipinski definition) is 1. The number of nitrogen functional groups attached to an aromatic ring is 1. The summed E-state index contributed by atoms with van der Waals surface area (Å²) in [7, 11) is 0. The molecule has 1 atom stereocenters. The Balaban J connectivity index is 0.00000123. The van der Waals surface area contributed by atoms with Crippen LogP contribution in [0.1, 0.15) is 67.4 Å². The molecule has 134 valence electrons. The number of rotatable bonds is 2. The van der Waals surface area contributed by atoms with Gasteiger partial charge in [0.05, 0.1) is 0 Å². The van der Waals surface area contributed by atoms with E-state index in [0.717, 1.165) is 12.1 Å². The average molecular weight is 328 g/mol. The second-order valence-electron chi connectivity index (χ2n) is 6.53. The number of hydrogen-bond acceptors (Lipinski definition) is 1. The van der Waals surface area contributed by atoms with Gasteiger partial charge in [0.2, 0.25) is 0 Å². The maximum Gasteiger partial charge on any atom is 0.0314 e. The third kappa shape index (κ3) is 4.41. The van der Waals surface area contributed by atoms with Crippen LogP contribution in [0.2, 0.25) is 0 Å². The van der Waals surface area contributed by atoms with Gasteiger partial charge in [-0.25, -0.2) is 0 Å². The van der Waals surface area contributed by atoms with Crippen molar-refractivity contribution >= 4 is 5.69 Å². The van der Waals surface area contributed by atoms with Crippen LogP contribution in [0.25, 0.3) is 0 Å². The van der Waals surface area contributed by atoms with Crippen molar-refractivity contribution < 1.29 is 0 Å². The van der Waals surface area contributed by atoms with E-state index in [9.17, 15) is 0 Å². The first-order chi connectivity index (χ1) is 11.3. The molecule has 0 saturated heterocycles. The second kappa shape index (κ2) is 9.52. The molecule has 0 aromatic heterocycles. The first-order valence-electron chi connectivity index (χ1n) is 9.21. The van der Waals surface area contributed by atoms with Crippen LogP contribution in [0.5, 0.6) is 0 Å². The van der Waals surface area contributed by atoms with E-state index in [1.54, 1.807) is 0 Å².